The molecular weight excluding hydrogens is 363 g/mol. The van der Waals surface area contributed by atoms with Gasteiger partial charge in [0.05, 0.1) is 11.1 Å². The smallest absolute Gasteiger partial charge is 0.282 e. The summed E-state index contributed by atoms with van der Waals surface area (Å²) in [4.78, 5) is 22.6. The molecular formula is C20H17FN4O3. The van der Waals surface area contributed by atoms with Crippen molar-refractivity contribution in [1.82, 2.24) is 9.99 Å². The van der Waals surface area contributed by atoms with E-state index in [4.69, 9.17) is 0 Å². The molecule has 0 fully saturated rings. The van der Waals surface area contributed by atoms with E-state index in [1.165, 1.54) is 36.5 Å². The number of carbonyl (C=O) groups excluding carboxylic acids is 1. The standard InChI is InChI=1S/C20H17FN4O3/c1-13-11-15(14(2)24(13)17-9-7-16(21)8-10-17)12-22-23-20(26)18-5-3-4-6-19(18)25(27)28/h3-12H,1-2H3,(H,23,26)/b22-12-. The molecule has 1 N–H and O–H groups in total. The molecule has 0 saturated heterocycles. The number of nitro benzene ring substituents is 1. The van der Waals surface area contributed by atoms with Gasteiger partial charge in [-0.3, -0.25) is 14.9 Å². The first kappa shape index (κ1) is 19.0. The van der Waals surface area contributed by atoms with E-state index in [0.29, 0.717) is 0 Å². The number of aryl methyl sites for hydroxylation is 1. The number of nitrogens with one attached hydrogen (secondary N) is 1. The molecule has 0 spiro atoms. The zero-order valence-electron chi connectivity index (χ0n) is 15.2. The van der Waals surface area contributed by atoms with E-state index in [9.17, 15) is 19.3 Å². The summed E-state index contributed by atoms with van der Waals surface area (Å²) in [6.07, 6.45) is 1.47. The second-order valence-electron chi connectivity index (χ2n) is 6.11. The van der Waals surface area contributed by atoms with E-state index >= 15 is 0 Å². The minimum absolute atomic E-state index is 0.0681. The zero-order chi connectivity index (χ0) is 20.3. The van der Waals surface area contributed by atoms with E-state index in [2.05, 4.69) is 10.5 Å². The van der Waals surface area contributed by atoms with Crippen LogP contribution in [0.4, 0.5) is 10.1 Å². The second kappa shape index (κ2) is 7.83. The van der Waals surface area contributed by atoms with Gasteiger partial charge in [-0.15, -0.1) is 0 Å². The van der Waals surface area contributed by atoms with Crippen molar-refractivity contribution in [2.75, 3.05) is 0 Å². The monoisotopic (exact) mass is 380 g/mol. The minimum atomic E-state index is -0.670. The van der Waals surface area contributed by atoms with Gasteiger partial charge in [-0.2, -0.15) is 5.10 Å². The SMILES string of the molecule is Cc1cc(/C=N\NC(=O)c2ccccc2[N+](=O)[O-])c(C)n1-c1ccc(F)cc1. The first-order valence-corrected chi connectivity index (χ1v) is 8.40. The largest absolute Gasteiger partial charge is 0.318 e. The van der Waals surface area contributed by atoms with Crippen LogP contribution in [0.15, 0.2) is 59.7 Å². The first-order valence-electron chi connectivity index (χ1n) is 8.40. The molecule has 0 bridgehead atoms. The fourth-order valence-corrected chi connectivity index (χ4v) is 2.95. The molecule has 0 aliphatic rings. The average Bonchev–Trinajstić information content (AvgIpc) is 2.96. The number of aromatic nitrogens is 1. The first-order chi connectivity index (χ1) is 13.4. The Morgan fingerprint density at radius 1 is 1.18 bits per heavy atom. The Kier molecular flexibility index (Phi) is 5.30. The summed E-state index contributed by atoms with van der Waals surface area (Å²) in [5.41, 5.74) is 5.28. The van der Waals surface area contributed by atoms with Crippen LogP contribution in [-0.2, 0) is 0 Å². The van der Waals surface area contributed by atoms with Crippen LogP contribution in [0, 0.1) is 29.8 Å². The van der Waals surface area contributed by atoms with E-state index in [0.717, 1.165) is 22.6 Å². The van der Waals surface area contributed by atoms with Crippen molar-refractivity contribution in [3.63, 3.8) is 0 Å². The molecule has 0 aliphatic carbocycles. The number of benzene rings is 2. The topological polar surface area (TPSA) is 89.5 Å². The lowest BCUT2D eigenvalue weighted by atomic mass is 10.2. The van der Waals surface area contributed by atoms with Crippen molar-refractivity contribution in [2.45, 2.75) is 13.8 Å². The highest BCUT2D eigenvalue weighted by Gasteiger charge is 2.18. The second-order valence-corrected chi connectivity index (χ2v) is 6.11. The quantitative estimate of drug-likeness (QED) is 0.413. The number of para-hydroxylation sites is 1. The molecule has 3 rings (SSSR count). The highest BCUT2D eigenvalue weighted by molar-refractivity contribution is 5.98. The average molecular weight is 380 g/mol. The third kappa shape index (κ3) is 3.80. The Bertz CT molecular complexity index is 1070. The number of hydrogen-bond acceptors (Lipinski definition) is 4. The fraction of sp³-hybridized carbons (Fsp3) is 0.100. The molecule has 0 atom stereocenters. The molecule has 0 saturated carbocycles. The van der Waals surface area contributed by atoms with Crippen molar-refractivity contribution in [3.8, 4) is 5.69 Å². The van der Waals surface area contributed by atoms with Crippen LogP contribution in [0.3, 0.4) is 0 Å². The number of carbonyl (C=O) groups is 1. The summed E-state index contributed by atoms with van der Waals surface area (Å²) in [6.45, 7) is 3.78. The third-order valence-electron chi connectivity index (χ3n) is 4.27. The van der Waals surface area contributed by atoms with Gasteiger partial charge in [0.25, 0.3) is 11.6 Å². The summed E-state index contributed by atoms with van der Waals surface area (Å²) in [7, 11) is 0. The van der Waals surface area contributed by atoms with Gasteiger partial charge >= 0.3 is 0 Å². The van der Waals surface area contributed by atoms with Crippen molar-refractivity contribution in [1.29, 1.82) is 0 Å². The lowest BCUT2D eigenvalue weighted by Gasteiger charge is -2.09. The van der Waals surface area contributed by atoms with Crippen LogP contribution >= 0.6 is 0 Å². The predicted octanol–water partition coefficient (Wildman–Crippen LogP) is 3.91. The van der Waals surface area contributed by atoms with Crippen molar-refractivity contribution in [2.24, 2.45) is 5.10 Å². The summed E-state index contributed by atoms with van der Waals surface area (Å²) in [5, 5.41) is 14.9. The van der Waals surface area contributed by atoms with E-state index in [1.54, 1.807) is 18.2 Å². The molecule has 28 heavy (non-hydrogen) atoms. The van der Waals surface area contributed by atoms with Crippen LogP contribution in [0.25, 0.3) is 5.69 Å². The third-order valence-corrected chi connectivity index (χ3v) is 4.27. The Morgan fingerprint density at radius 3 is 2.54 bits per heavy atom. The molecule has 0 radical (unpaired) electrons. The Labute approximate surface area is 160 Å². The van der Waals surface area contributed by atoms with Crippen molar-refractivity contribution >= 4 is 17.8 Å². The van der Waals surface area contributed by atoms with Gasteiger partial charge in [-0.1, -0.05) is 12.1 Å². The highest BCUT2D eigenvalue weighted by Crippen LogP contribution is 2.20. The molecule has 1 heterocycles. The maximum atomic E-state index is 13.2. The summed E-state index contributed by atoms with van der Waals surface area (Å²) in [5.74, 6) is -0.985. The van der Waals surface area contributed by atoms with Crippen molar-refractivity contribution < 1.29 is 14.1 Å². The van der Waals surface area contributed by atoms with E-state index < -0.39 is 10.8 Å². The Morgan fingerprint density at radius 2 is 1.86 bits per heavy atom. The Hall–Kier alpha value is -3.81. The summed E-state index contributed by atoms with van der Waals surface area (Å²) in [6, 6.07) is 13.6. The number of hydrazone groups is 1. The fourth-order valence-electron chi connectivity index (χ4n) is 2.95. The molecule has 3 aromatic rings. The summed E-state index contributed by atoms with van der Waals surface area (Å²) < 4.78 is 15.1. The molecule has 1 amide bonds. The number of halogens is 1. The van der Waals surface area contributed by atoms with Gasteiger partial charge in [0.15, 0.2) is 0 Å². The van der Waals surface area contributed by atoms with Crippen LogP contribution in [0.1, 0.15) is 27.3 Å². The molecule has 0 aliphatic heterocycles. The van der Waals surface area contributed by atoms with Gasteiger partial charge < -0.3 is 4.57 Å². The van der Waals surface area contributed by atoms with Gasteiger partial charge in [0.1, 0.15) is 11.4 Å². The maximum Gasteiger partial charge on any atom is 0.282 e. The molecule has 0 unspecified atom stereocenters. The van der Waals surface area contributed by atoms with Crippen LogP contribution in [0.2, 0.25) is 0 Å². The summed E-state index contributed by atoms with van der Waals surface area (Å²) >= 11 is 0. The van der Waals surface area contributed by atoms with Gasteiger partial charge in [0.2, 0.25) is 0 Å². The van der Waals surface area contributed by atoms with Crippen LogP contribution in [-0.4, -0.2) is 21.6 Å². The van der Waals surface area contributed by atoms with Gasteiger partial charge in [-0.05, 0) is 50.2 Å². The molecule has 142 valence electrons. The van der Waals surface area contributed by atoms with Crippen molar-refractivity contribution in [3.05, 3.63) is 93.0 Å². The Balaban J connectivity index is 1.80. The number of nitro groups is 1. The lowest BCUT2D eigenvalue weighted by Crippen LogP contribution is -2.19. The maximum absolute atomic E-state index is 13.2. The lowest BCUT2D eigenvalue weighted by molar-refractivity contribution is -0.385. The normalized spacial score (nSPS) is 11.0. The number of rotatable bonds is 5. The van der Waals surface area contributed by atoms with Crippen LogP contribution in [0.5, 0.6) is 0 Å². The zero-order valence-corrected chi connectivity index (χ0v) is 15.2. The molecule has 8 heteroatoms. The molecule has 7 nitrogen and oxygen atoms in total. The molecule has 1 aromatic heterocycles. The van der Waals surface area contributed by atoms with E-state index in [-0.39, 0.29) is 17.1 Å². The number of amides is 1. The van der Waals surface area contributed by atoms with Crippen LogP contribution < -0.4 is 5.43 Å². The number of hydrogen-bond donors (Lipinski definition) is 1. The minimum Gasteiger partial charge on any atom is -0.318 e. The predicted molar refractivity (Wildman–Crippen MR) is 103 cm³/mol. The highest BCUT2D eigenvalue weighted by atomic mass is 19.1. The van der Waals surface area contributed by atoms with Gasteiger partial charge in [0, 0.05) is 28.7 Å². The van der Waals surface area contributed by atoms with Gasteiger partial charge in [-0.25, -0.2) is 9.82 Å². The molecule has 2 aromatic carbocycles. The van der Waals surface area contributed by atoms with E-state index in [1.807, 2.05) is 24.5 Å². The number of nitrogens with zero attached hydrogens (tertiary/aromatic N) is 3.